The quantitative estimate of drug-likeness (QED) is 0.615. The minimum absolute atomic E-state index is 0.0551. The Balaban J connectivity index is 1.64. The molecule has 1 aliphatic heterocycles. The number of hydrogen-bond donors (Lipinski definition) is 0. The van der Waals surface area contributed by atoms with Gasteiger partial charge >= 0.3 is 5.97 Å². The van der Waals surface area contributed by atoms with Gasteiger partial charge in [-0.15, -0.1) is 0 Å². The lowest BCUT2D eigenvalue weighted by Crippen LogP contribution is -2.37. The van der Waals surface area contributed by atoms with E-state index in [9.17, 15) is 9.59 Å². The number of carbonyl (C=O) groups excluding carboxylic acids is 2. The predicted octanol–water partition coefficient (Wildman–Crippen LogP) is 5.31. The number of rotatable bonds is 5. The van der Waals surface area contributed by atoms with Crippen molar-refractivity contribution in [2.45, 2.75) is 38.5 Å². The third-order valence-corrected chi connectivity index (χ3v) is 6.15. The van der Waals surface area contributed by atoms with Crippen molar-refractivity contribution < 1.29 is 14.3 Å². The lowest BCUT2D eigenvalue weighted by molar-refractivity contribution is -0.146. The molecular formula is C25H24ClNO3. The third kappa shape index (κ3) is 4.10. The van der Waals surface area contributed by atoms with E-state index in [2.05, 4.69) is 4.99 Å². The lowest BCUT2D eigenvalue weighted by Gasteiger charge is -2.34. The lowest BCUT2D eigenvalue weighted by atomic mass is 9.72. The number of esters is 1. The number of aliphatic imine (C=N–C) groups is 1. The van der Waals surface area contributed by atoms with Crippen molar-refractivity contribution in [1.82, 2.24) is 0 Å². The van der Waals surface area contributed by atoms with Gasteiger partial charge in [-0.2, -0.15) is 0 Å². The first-order valence-electron chi connectivity index (χ1n) is 10.3. The topological polar surface area (TPSA) is 55.7 Å². The molecule has 4 rings (SSSR count). The molecule has 0 fully saturated rings. The molecule has 0 spiro atoms. The highest BCUT2D eigenvalue weighted by molar-refractivity contribution is 6.31. The van der Waals surface area contributed by atoms with Gasteiger partial charge in [0.2, 0.25) is 0 Å². The summed E-state index contributed by atoms with van der Waals surface area (Å²) in [6.45, 7) is 2.12. The summed E-state index contributed by atoms with van der Waals surface area (Å²) in [7, 11) is 0. The van der Waals surface area contributed by atoms with Gasteiger partial charge < -0.3 is 4.74 Å². The van der Waals surface area contributed by atoms with Crippen LogP contribution in [-0.2, 0) is 20.7 Å². The van der Waals surface area contributed by atoms with Gasteiger partial charge in [0, 0.05) is 40.8 Å². The largest absolute Gasteiger partial charge is 0.465 e. The summed E-state index contributed by atoms with van der Waals surface area (Å²) < 4.78 is 5.67. The molecule has 0 aromatic heterocycles. The zero-order valence-corrected chi connectivity index (χ0v) is 17.7. The molecule has 1 heterocycles. The molecule has 0 saturated heterocycles. The number of nitrogens with zero attached hydrogens (tertiary/aromatic N) is 1. The van der Waals surface area contributed by atoms with Crippen LogP contribution in [-0.4, -0.2) is 24.1 Å². The van der Waals surface area contributed by atoms with Crippen molar-refractivity contribution in [2.24, 2.45) is 10.9 Å². The highest BCUT2D eigenvalue weighted by atomic mass is 35.5. The first kappa shape index (κ1) is 20.5. The summed E-state index contributed by atoms with van der Waals surface area (Å²) in [5, 5.41) is 0.546. The highest BCUT2D eigenvalue weighted by Gasteiger charge is 2.43. The molecule has 0 radical (unpaired) electrons. The minimum Gasteiger partial charge on any atom is -0.465 e. The molecule has 2 aliphatic rings. The Morgan fingerprint density at radius 3 is 2.60 bits per heavy atom. The van der Waals surface area contributed by atoms with Crippen LogP contribution in [0.4, 0.5) is 0 Å². The van der Waals surface area contributed by atoms with E-state index in [4.69, 9.17) is 16.3 Å². The van der Waals surface area contributed by atoms with Crippen LogP contribution in [0, 0.1) is 5.92 Å². The molecule has 30 heavy (non-hydrogen) atoms. The summed E-state index contributed by atoms with van der Waals surface area (Å²) in [6.07, 6.45) is 2.65. The molecule has 5 heteroatoms. The SMILES string of the molecule is CC1=NC2=C(C(=O)CCC2)C(c2ccccc2Cl)C1C(=O)OCCc1ccccc1. The molecule has 2 unspecified atom stereocenters. The monoisotopic (exact) mass is 421 g/mol. The molecule has 1 aliphatic carbocycles. The summed E-state index contributed by atoms with van der Waals surface area (Å²) in [4.78, 5) is 30.7. The van der Waals surface area contributed by atoms with Crippen LogP contribution < -0.4 is 0 Å². The first-order chi connectivity index (χ1) is 14.6. The average molecular weight is 422 g/mol. The molecule has 2 aromatic carbocycles. The number of halogens is 1. The van der Waals surface area contributed by atoms with E-state index in [0.717, 1.165) is 29.7 Å². The Hall–Kier alpha value is -2.72. The van der Waals surface area contributed by atoms with Crippen LogP contribution in [0.3, 0.4) is 0 Å². The zero-order chi connectivity index (χ0) is 21.1. The Kier molecular flexibility index (Phi) is 6.14. The molecule has 0 bridgehead atoms. The molecule has 0 saturated carbocycles. The van der Waals surface area contributed by atoms with Gasteiger partial charge in [-0.1, -0.05) is 60.1 Å². The molecule has 2 atom stereocenters. The van der Waals surface area contributed by atoms with Gasteiger partial charge in [-0.05, 0) is 37.0 Å². The molecule has 0 N–H and O–H groups in total. The van der Waals surface area contributed by atoms with E-state index in [1.165, 1.54) is 0 Å². The predicted molar refractivity (Wildman–Crippen MR) is 118 cm³/mol. The highest BCUT2D eigenvalue weighted by Crippen LogP contribution is 2.45. The molecular weight excluding hydrogens is 398 g/mol. The van der Waals surface area contributed by atoms with Crippen molar-refractivity contribution in [1.29, 1.82) is 0 Å². The number of Topliss-reactive ketones (excluding diaryl/α,β-unsaturated/α-hetero) is 1. The van der Waals surface area contributed by atoms with Crippen LogP contribution in [0.25, 0.3) is 0 Å². The Morgan fingerprint density at radius 1 is 1.10 bits per heavy atom. The summed E-state index contributed by atoms with van der Waals surface area (Å²) in [5.41, 5.74) is 3.99. The number of ketones is 1. The Bertz CT molecular complexity index is 1030. The third-order valence-electron chi connectivity index (χ3n) is 5.81. The summed E-state index contributed by atoms with van der Waals surface area (Å²) >= 11 is 6.51. The second-order valence-corrected chi connectivity index (χ2v) is 8.18. The van der Waals surface area contributed by atoms with Crippen molar-refractivity contribution >= 4 is 29.1 Å². The van der Waals surface area contributed by atoms with Crippen LogP contribution >= 0.6 is 11.6 Å². The van der Waals surface area contributed by atoms with Gasteiger partial charge in [-0.3, -0.25) is 14.6 Å². The maximum Gasteiger partial charge on any atom is 0.315 e. The van der Waals surface area contributed by atoms with Gasteiger partial charge in [-0.25, -0.2) is 0 Å². The fourth-order valence-corrected chi connectivity index (χ4v) is 4.63. The van der Waals surface area contributed by atoms with Crippen LogP contribution in [0.1, 0.15) is 43.2 Å². The number of ether oxygens (including phenoxy) is 1. The number of carbonyl (C=O) groups is 2. The van der Waals surface area contributed by atoms with E-state index in [-0.39, 0.29) is 18.4 Å². The van der Waals surface area contributed by atoms with Gasteiger partial charge in [0.15, 0.2) is 5.78 Å². The number of benzene rings is 2. The second-order valence-electron chi connectivity index (χ2n) is 7.77. The smallest absolute Gasteiger partial charge is 0.315 e. The fourth-order valence-electron chi connectivity index (χ4n) is 4.38. The van der Waals surface area contributed by atoms with E-state index in [1.54, 1.807) is 6.07 Å². The number of hydrogen-bond acceptors (Lipinski definition) is 4. The molecule has 4 nitrogen and oxygen atoms in total. The Labute approximate surface area is 181 Å². The van der Waals surface area contributed by atoms with Crippen LogP contribution in [0.5, 0.6) is 0 Å². The van der Waals surface area contributed by atoms with Crippen molar-refractivity contribution in [3.63, 3.8) is 0 Å². The van der Waals surface area contributed by atoms with Crippen molar-refractivity contribution in [3.05, 3.63) is 82.0 Å². The summed E-state index contributed by atoms with van der Waals surface area (Å²) in [5.74, 6) is -1.41. The zero-order valence-electron chi connectivity index (χ0n) is 16.9. The average Bonchev–Trinajstić information content (AvgIpc) is 2.74. The molecule has 154 valence electrons. The maximum atomic E-state index is 13.2. The van der Waals surface area contributed by atoms with Crippen LogP contribution in [0.15, 0.2) is 70.9 Å². The van der Waals surface area contributed by atoms with E-state index in [1.807, 2.05) is 55.5 Å². The van der Waals surface area contributed by atoms with Gasteiger partial charge in [0.25, 0.3) is 0 Å². The van der Waals surface area contributed by atoms with Gasteiger partial charge in [0.05, 0.1) is 6.61 Å². The number of allylic oxidation sites excluding steroid dienone is 2. The normalized spacial score (nSPS) is 21.1. The fraction of sp³-hybridized carbons (Fsp3) is 0.320. The summed E-state index contributed by atoms with van der Waals surface area (Å²) in [6, 6.07) is 17.3. The van der Waals surface area contributed by atoms with Gasteiger partial charge in [0.1, 0.15) is 5.92 Å². The molecule has 0 amide bonds. The van der Waals surface area contributed by atoms with E-state index >= 15 is 0 Å². The second kappa shape index (κ2) is 8.97. The standard InChI is InChI=1S/C25H24ClNO3/c1-16-22(25(29)30-15-14-17-8-3-2-4-9-17)23(18-10-5-6-11-19(18)26)24-20(27-16)12-7-13-21(24)28/h2-6,8-11,22-23H,7,12-15H2,1H3. The maximum absolute atomic E-state index is 13.2. The van der Waals surface area contributed by atoms with E-state index < -0.39 is 11.8 Å². The van der Waals surface area contributed by atoms with Crippen LogP contribution in [0.2, 0.25) is 5.02 Å². The van der Waals surface area contributed by atoms with Crippen molar-refractivity contribution in [3.8, 4) is 0 Å². The molecule has 2 aromatic rings. The Morgan fingerprint density at radius 2 is 1.83 bits per heavy atom. The first-order valence-corrected chi connectivity index (χ1v) is 10.7. The van der Waals surface area contributed by atoms with E-state index in [0.29, 0.717) is 29.1 Å². The minimum atomic E-state index is -0.651. The van der Waals surface area contributed by atoms with Crippen molar-refractivity contribution in [2.75, 3.05) is 6.61 Å².